The zero-order valence-corrected chi connectivity index (χ0v) is 25.1. The van der Waals surface area contributed by atoms with Gasteiger partial charge in [-0.05, 0) is 89.7 Å². The molecule has 2 aliphatic rings. The van der Waals surface area contributed by atoms with Crippen molar-refractivity contribution in [3.8, 4) is 0 Å². The minimum Gasteiger partial charge on any atom is -0.387 e. The van der Waals surface area contributed by atoms with Crippen molar-refractivity contribution < 1.29 is 4.39 Å². The van der Waals surface area contributed by atoms with Crippen LogP contribution in [-0.2, 0) is 0 Å². The van der Waals surface area contributed by atoms with Crippen LogP contribution in [0.5, 0.6) is 0 Å². The molecule has 4 N–H and O–H groups in total. The summed E-state index contributed by atoms with van der Waals surface area (Å²) in [4.78, 5) is 0. The smallest absolute Gasteiger partial charge is 0.109 e. The van der Waals surface area contributed by atoms with Crippen LogP contribution in [0.4, 0.5) is 4.39 Å². The molecule has 7 atom stereocenters. The first-order valence-electron chi connectivity index (χ1n) is 14.4. The first kappa shape index (κ1) is 34.5. The SMILES string of the molecule is C=CNC1CCCC(C)C1NSC1CCC(C)CC1C.CC(F)CN.CCCCCCC=C(C)C. The highest BCUT2D eigenvalue weighted by Crippen LogP contribution is 2.36. The Bertz CT molecular complexity index is 536. The highest BCUT2D eigenvalue weighted by atomic mass is 32.2. The van der Waals surface area contributed by atoms with Gasteiger partial charge in [-0.3, -0.25) is 4.72 Å². The predicted molar refractivity (Wildman–Crippen MR) is 158 cm³/mol. The second kappa shape index (κ2) is 21.6. The van der Waals surface area contributed by atoms with Crippen LogP contribution in [0.15, 0.2) is 24.4 Å². The second-order valence-corrected chi connectivity index (χ2v) is 12.3. The fourth-order valence-corrected chi connectivity index (χ4v) is 6.22. The van der Waals surface area contributed by atoms with Gasteiger partial charge >= 0.3 is 0 Å². The van der Waals surface area contributed by atoms with E-state index in [2.05, 4.69) is 64.2 Å². The number of alkyl halides is 1. The normalized spacial score (nSPS) is 28.9. The molecular formula is C30H60FN3S. The Morgan fingerprint density at radius 3 is 2.31 bits per heavy atom. The maximum absolute atomic E-state index is 11.3. The Balaban J connectivity index is 0.000000644. The van der Waals surface area contributed by atoms with Gasteiger partial charge in [-0.15, -0.1) is 0 Å². The molecule has 2 aliphatic carbocycles. The topological polar surface area (TPSA) is 50.1 Å². The lowest BCUT2D eigenvalue weighted by Crippen LogP contribution is -2.50. The molecule has 2 rings (SSSR count). The molecule has 0 radical (unpaired) electrons. The fraction of sp³-hybridized carbons (Fsp3) is 0.867. The van der Waals surface area contributed by atoms with Crippen LogP contribution in [0.2, 0.25) is 0 Å². The summed E-state index contributed by atoms with van der Waals surface area (Å²) < 4.78 is 15.1. The van der Waals surface area contributed by atoms with Gasteiger partial charge in [-0.2, -0.15) is 0 Å². The first-order chi connectivity index (χ1) is 16.7. The standard InChI is InChI=1S/C17H32N2S.C10H20.C3H8FN/c1-5-18-15-8-6-7-13(3)17(15)19-20-16-10-9-12(2)11-14(16)4;1-4-5-6-7-8-9-10(2)3;1-3(4)2-5/h5,12-19H,1,6-11H2,2-4H3;9H,4-8H2,1-3H3;3H,2,5H2,1H3. The van der Waals surface area contributed by atoms with E-state index in [0.717, 1.165) is 23.0 Å². The number of hydrogen-bond acceptors (Lipinski definition) is 4. The van der Waals surface area contributed by atoms with Crippen molar-refractivity contribution in [1.82, 2.24) is 10.0 Å². The molecule has 0 saturated heterocycles. The molecule has 7 unspecified atom stereocenters. The van der Waals surface area contributed by atoms with Crippen molar-refractivity contribution in [2.24, 2.45) is 23.5 Å². The van der Waals surface area contributed by atoms with E-state index in [4.69, 9.17) is 5.73 Å². The van der Waals surface area contributed by atoms with Crippen molar-refractivity contribution in [3.63, 3.8) is 0 Å². The molecule has 0 bridgehead atoms. The van der Waals surface area contributed by atoms with Crippen molar-refractivity contribution in [2.45, 2.75) is 143 Å². The lowest BCUT2D eigenvalue weighted by atomic mass is 9.83. The summed E-state index contributed by atoms with van der Waals surface area (Å²) in [6, 6.07) is 1.14. The Hall–Kier alpha value is -0.520. The van der Waals surface area contributed by atoms with E-state index in [-0.39, 0.29) is 6.54 Å². The minimum atomic E-state index is -0.838. The maximum atomic E-state index is 11.3. The fourth-order valence-electron chi connectivity index (χ4n) is 4.89. The molecule has 0 aromatic carbocycles. The number of allylic oxidation sites excluding steroid dienone is 2. The molecule has 3 nitrogen and oxygen atoms in total. The summed E-state index contributed by atoms with van der Waals surface area (Å²) >= 11 is 2.02. The largest absolute Gasteiger partial charge is 0.387 e. The molecule has 0 heterocycles. The molecule has 208 valence electrons. The Labute approximate surface area is 223 Å². The predicted octanol–water partition coefficient (Wildman–Crippen LogP) is 8.57. The molecule has 0 spiro atoms. The van der Waals surface area contributed by atoms with Crippen LogP contribution in [0, 0.1) is 17.8 Å². The summed E-state index contributed by atoms with van der Waals surface area (Å²) in [5, 5.41) is 4.26. The van der Waals surface area contributed by atoms with E-state index in [1.54, 1.807) is 0 Å². The van der Waals surface area contributed by atoms with Gasteiger partial charge in [0, 0.05) is 23.9 Å². The lowest BCUT2D eigenvalue weighted by Gasteiger charge is -2.39. The Morgan fingerprint density at radius 2 is 1.77 bits per heavy atom. The third-order valence-corrected chi connectivity index (χ3v) is 8.61. The third-order valence-electron chi connectivity index (χ3n) is 7.20. The number of hydrogen-bond donors (Lipinski definition) is 3. The van der Waals surface area contributed by atoms with E-state index in [1.165, 1.54) is 83.1 Å². The molecule has 2 fully saturated rings. The monoisotopic (exact) mass is 513 g/mol. The van der Waals surface area contributed by atoms with Gasteiger partial charge < -0.3 is 11.1 Å². The molecule has 5 heteroatoms. The van der Waals surface area contributed by atoms with Crippen molar-refractivity contribution in [1.29, 1.82) is 0 Å². The van der Waals surface area contributed by atoms with Gasteiger partial charge in [0.1, 0.15) is 6.17 Å². The average Bonchev–Trinajstić information content (AvgIpc) is 2.80. The van der Waals surface area contributed by atoms with Gasteiger partial charge in [-0.1, -0.05) is 83.6 Å². The summed E-state index contributed by atoms with van der Waals surface area (Å²) in [6.45, 7) is 19.2. The lowest BCUT2D eigenvalue weighted by molar-refractivity contribution is 0.256. The third kappa shape index (κ3) is 17.5. The van der Waals surface area contributed by atoms with E-state index >= 15 is 0 Å². The number of nitrogens with one attached hydrogen (secondary N) is 2. The molecule has 0 aliphatic heterocycles. The van der Waals surface area contributed by atoms with Gasteiger partial charge in [0.2, 0.25) is 0 Å². The van der Waals surface area contributed by atoms with Gasteiger partial charge in [-0.25, -0.2) is 4.39 Å². The van der Waals surface area contributed by atoms with Crippen LogP contribution >= 0.6 is 11.9 Å². The second-order valence-electron chi connectivity index (χ2n) is 11.2. The van der Waals surface area contributed by atoms with E-state index in [1.807, 2.05) is 18.1 Å². The summed E-state index contributed by atoms with van der Waals surface area (Å²) in [7, 11) is 0. The zero-order valence-electron chi connectivity index (χ0n) is 24.3. The Kier molecular flexibility index (Phi) is 21.2. The minimum absolute atomic E-state index is 0.139. The molecule has 2 saturated carbocycles. The van der Waals surface area contributed by atoms with Crippen molar-refractivity contribution >= 4 is 11.9 Å². The van der Waals surface area contributed by atoms with Gasteiger partial charge in [0.15, 0.2) is 0 Å². The number of unbranched alkanes of at least 4 members (excludes halogenated alkanes) is 4. The zero-order chi connectivity index (χ0) is 26.6. The molecule has 0 aromatic heterocycles. The van der Waals surface area contributed by atoms with Crippen LogP contribution in [0.25, 0.3) is 0 Å². The van der Waals surface area contributed by atoms with Gasteiger partial charge in [0.05, 0.1) is 0 Å². The molecule has 35 heavy (non-hydrogen) atoms. The number of halogens is 1. The van der Waals surface area contributed by atoms with E-state index < -0.39 is 6.17 Å². The maximum Gasteiger partial charge on any atom is 0.109 e. The van der Waals surface area contributed by atoms with Crippen molar-refractivity contribution in [2.75, 3.05) is 6.54 Å². The quantitative estimate of drug-likeness (QED) is 0.147. The number of nitrogens with two attached hydrogens (primary N) is 1. The van der Waals surface area contributed by atoms with Crippen LogP contribution in [0.3, 0.4) is 0 Å². The Morgan fingerprint density at radius 1 is 1.09 bits per heavy atom. The van der Waals surface area contributed by atoms with Crippen LogP contribution in [-0.4, -0.2) is 30.1 Å². The van der Waals surface area contributed by atoms with E-state index in [9.17, 15) is 4.39 Å². The summed E-state index contributed by atoms with van der Waals surface area (Å²) in [6.07, 6.45) is 18.3. The van der Waals surface area contributed by atoms with Crippen LogP contribution < -0.4 is 15.8 Å². The molecular weight excluding hydrogens is 453 g/mol. The van der Waals surface area contributed by atoms with Crippen molar-refractivity contribution in [3.05, 3.63) is 24.4 Å². The van der Waals surface area contributed by atoms with E-state index in [0.29, 0.717) is 12.1 Å². The highest BCUT2D eigenvalue weighted by molar-refractivity contribution is 7.98. The number of rotatable bonds is 11. The summed E-state index contributed by atoms with van der Waals surface area (Å²) in [5.41, 5.74) is 6.25. The van der Waals surface area contributed by atoms with Crippen LogP contribution in [0.1, 0.15) is 119 Å². The highest BCUT2D eigenvalue weighted by Gasteiger charge is 2.32. The summed E-state index contributed by atoms with van der Waals surface area (Å²) in [5.74, 6) is 2.53. The molecule has 0 aromatic rings. The first-order valence-corrected chi connectivity index (χ1v) is 15.3. The van der Waals surface area contributed by atoms with Gasteiger partial charge in [0.25, 0.3) is 0 Å². The molecule has 0 amide bonds. The average molecular weight is 514 g/mol.